The van der Waals surface area contributed by atoms with Crippen LogP contribution in [0.1, 0.15) is 6.92 Å². The minimum Gasteiger partial charge on any atom is -0.481 e. The van der Waals surface area contributed by atoms with Crippen molar-refractivity contribution >= 4 is 78.2 Å². The Morgan fingerprint density at radius 2 is 1.26 bits per heavy atom. The molecule has 0 aliphatic heterocycles. The monoisotopic (exact) mass is 758 g/mol. The number of ether oxygens (including phenoxy) is 4. The van der Waals surface area contributed by atoms with Crippen LogP contribution in [0.4, 0.5) is 0 Å². The van der Waals surface area contributed by atoms with Gasteiger partial charge in [-0.3, -0.25) is 0 Å². The minimum atomic E-state index is -3.46. The number of hydrogen-bond donors (Lipinski definition) is 0. The van der Waals surface area contributed by atoms with Crippen molar-refractivity contribution in [2.45, 2.75) is 26.5 Å². The van der Waals surface area contributed by atoms with Gasteiger partial charge in [-0.15, -0.1) is 0 Å². The van der Waals surface area contributed by atoms with E-state index in [4.69, 9.17) is 53.8 Å². The van der Waals surface area contributed by atoms with Gasteiger partial charge in [0.25, 0.3) is 0 Å². The molecule has 0 aromatic heterocycles. The van der Waals surface area contributed by atoms with E-state index in [-0.39, 0.29) is 43.6 Å². The lowest BCUT2D eigenvalue weighted by Crippen LogP contribution is -2.23. The summed E-state index contributed by atoms with van der Waals surface area (Å²) in [7, 11) is -6.85. The molecule has 0 aliphatic rings. The lowest BCUT2D eigenvalue weighted by molar-refractivity contribution is -0.162. The Bertz CT molecular complexity index is 2020. The van der Waals surface area contributed by atoms with Gasteiger partial charge in [0, 0.05) is 27.3 Å². The maximum Gasteiger partial charge on any atom is 0.351 e. The molecular weight excluding hydrogens is 735 g/mol. The van der Waals surface area contributed by atoms with E-state index in [1.54, 1.807) is 13.0 Å². The second-order valence-electron chi connectivity index (χ2n) is 9.55. The zero-order valence-corrected chi connectivity index (χ0v) is 29.3. The van der Waals surface area contributed by atoms with E-state index in [1.165, 1.54) is 72.8 Å². The molecule has 0 N–H and O–H groups in total. The van der Waals surface area contributed by atoms with E-state index in [1.807, 2.05) is 0 Å². The van der Waals surface area contributed by atoms with Crippen LogP contribution in [-0.4, -0.2) is 54.0 Å². The van der Waals surface area contributed by atoms with E-state index >= 15 is 0 Å². The van der Waals surface area contributed by atoms with Crippen molar-refractivity contribution in [3.63, 3.8) is 0 Å². The molecule has 0 fully saturated rings. The second-order valence-corrected chi connectivity index (χ2v) is 16.2. The topological polar surface area (TPSA) is 139 Å². The van der Waals surface area contributed by atoms with Gasteiger partial charge in [0.15, 0.2) is 44.4 Å². The molecule has 4 aromatic rings. The van der Waals surface area contributed by atoms with Crippen molar-refractivity contribution in [3.05, 3.63) is 93.9 Å². The average molecular weight is 760 g/mol. The summed E-state index contributed by atoms with van der Waals surface area (Å²) in [4.78, 5) is 26.0. The van der Waals surface area contributed by atoms with Gasteiger partial charge in [-0.25, -0.2) is 26.4 Å². The first kappa shape index (κ1) is 36.4. The number of esters is 2. The van der Waals surface area contributed by atoms with Crippen LogP contribution in [0.15, 0.2) is 98.4 Å². The van der Waals surface area contributed by atoms with Crippen LogP contribution in [0.3, 0.4) is 0 Å². The molecule has 0 heterocycles. The summed E-state index contributed by atoms with van der Waals surface area (Å²) in [6.07, 6.45) is 1.07. The summed E-state index contributed by atoms with van der Waals surface area (Å²) in [5, 5.41) is 0.856. The molecule has 0 bridgehead atoms. The van der Waals surface area contributed by atoms with Crippen molar-refractivity contribution in [2.75, 3.05) is 25.2 Å². The molecule has 0 unspecified atom stereocenters. The molecule has 0 amide bonds. The standard InChI is InChI=1S/C31H25Cl3O10S3/c1-3-47(39,40)22-8-6-21(7-9-22)43-27-14-19(32)4-11-25(27)41-17-30(35)44-31(36)18-42-26-12-5-20(33)15-29(26)45-28-13-10-23(16-24(28)34)46(2,37)38/h4-16H,3,17-18H2,1-2H3. The number of carbonyl (C=O) groups is 2. The van der Waals surface area contributed by atoms with E-state index in [9.17, 15) is 26.4 Å². The first-order valence-corrected chi connectivity index (χ1v) is 18.9. The van der Waals surface area contributed by atoms with E-state index < -0.39 is 44.8 Å². The van der Waals surface area contributed by atoms with Crippen LogP contribution in [0.2, 0.25) is 15.1 Å². The van der Waals surface area contributed by atoms with Crippen LogP contribution < -0.4 is 14.2 Å². The summed E-state index contributed by atoms with van der Waals surface area (Å²) in [5.74, 6) is -1.32. The van der Waals surface area contributed by atoms with Gasteiger partial charge in [-0.2, -0.15) is 0 Å². The summed E-state index contributed by atoms with van der Waals surface area (Å²) < 4.78 is 69.5. The Labute approximate surface area is 290 Å². The Morgan fingerprint density at radius 3 is 1.85 bits per heavy atom. The van der Waals surface area contributed by atoms with Crippen molar-refractivity contribution in [1.29, 1.82) is 0 Å². The van der Waals surface area contributed by atoms with E-state index in [0.717, 1.165) is 18.0 Å². The molecule has 4 rings (SSSR count). The van der Waals surface area contributed by atoms with Crippen molar-refractivity contribution in [3.8, 4) is 23.0 Å². The molecule has 0 atom stereocenters. The molecule has 0 spiro atoms. The Morgan fingerprint density at radius 1 is 0.681 bits per heavy atom. The number of benzene rings is 4. The van der Waals surface area contributed by atoms with Crippen molar-refractivity contribution in [2.24, 2.45) is 0 Å². The maximum absolute atomic E-state index is 12.4. The van der Waals surface area contributed by atoms with Crippen molar-refractivity contribution < 1.29 is 45.4 Å². The quantitative estimate of drug-likeness (QED) is 0.100. The fraction of sp³-hybridized carbons (Fsp3) is 0.161. The number of sulfone groups is 2. The van der Waals surface area contributed by atoms with Crippen LogP contribution >= 0.6 is 46.6 Å². The third-order valence-corrected chi connectivity index (χ3v) is 10.9. The van der Waals surface area contributed by atoms with Gasteiger partial charge in [-0.05, 0) is 72.8 Å². The van der Waals surface area contributed by atoms with Crippen LogP contribution in [0.5, 0.6) is 23.0 Å². The van der Waals surface area contributed by atoms with Gasteiger partial charge in [0.2, 0.25) is 0 Å². The predicted molar refractivity (Wildman–Crippen MR) is 178 cm³/mol. The van der Waals surface area contributed by atoms with Crippen LogP contribution in [0.25, 0.3) is 0 Å². The molecule has 16 heteroatoms. The largest absolute Gasteiger partial charge is 0.481 e. The number of hydrogen-bond acceptors (Lipinski definition) is 11. The lowest BCUT2D eigenvalue weighted by Gasteiger charge is -2.14. The highest BCUT2D eigenvalue weighted by Gasteiger charge is 2.18. The molecule has 0 radical (unpaired) electrons. The smallest absolute Gasteiger partial charge is 0.351 e. The molecule has 0 aliphatic carbocycles. The summed E-state index contributed by atoms with van der Waals surface area (Å²) >= 11 is 19.7. The Hall–Kier alpha value is -3.46. The number of carbonyl (C=O) groups excluding carboxylic acids is 2. The third kappa shape index (κ3) is 10.3. The lowest BCUT2D eigenvalue weighted by atomic mass is 10.3. The van der Waals surface area contributed by atoms with E-state index in [0.29, 0.717) is 19.8 Å². The third-order valence-electron chi connectivity index (χ3n) is 6.07. The fourth-order valence-electron chi connectivity index (χ4n) is 3.74. The normalized spacial score (nSPS) is 11.5. The minimum absolute atomic E-state index is 0.0495. The summed E-state index contributed by atoms with van der Waals surface area (Å²) in [6.45, 7) is 0.239. The molecule has 0 saturated carbocycles. The van der Waals surface area contributed by atoms with Gasteiger partial charge in [0.05, 0.1) is 25.5 Å². The maximum atomic E-state index is 12.4. The molecule has 248 valence electrons. The van der Waals surface area contributed by atoms with Gasteiger partial charge in [0.1, 0.15) is 11.5 Å². The first-order chi connectivity index (χ1) is 22.1. The van der Waals surface area contributed by atoms with Crippen LogP contribution in [-0.2, 0) is 34.0 Å². The van der Waals surface area contributed by atoms with Crippen molar-refractivity contribution in [1.82, 2.24) is 0 Å². The summed E-state index contributed by atoms with van der Waals surface area (Å²) in [6, 6.07) is 19.0. The molecule has 4 aromatic carbocycles. The molecule has 10 nitrogen and oxygen atoms in total. The Balaban J connectivity index is 1.35. The van der Waals surface area contributed by atoms with Gasteiger partial charge in [-0.1, -0.05) is 53.5 Å². The zero-order valence-electron chi connectivity index (χ0n) is 24.6. The predicted octanol–water partition coefficient (Wildman–Crippen LogP) is 7.32. The highest BCUT2D eigenvalue weighted by molar-refractivity contribution is 7.99. The molecular formula is C31H25Cl3O10S3. The number of halogens is 3. The fourth-order valence-corrected chi connectivity index (χ4v) is 6.98. The van der Waals surface area contributed by atoms with Crippen LogP contribution in [0, 0.1) is 0 Å². The van der Waals surface area contributed by atoms with E-state index in [2.05, 4.69) is 0 Å². The molecule has 47 heavy (non-hydrogen) atoms. The van der Waals surface area contributed by atoms with Gasteiger partial charge < -0.3 is 18.9 Å². The Kier molecular flexibility index (Phi) is 12.1. The highest BCUT2D eigenvalue weighted by atomic mass is 35.5. The average Bonchev–Trinajstić information content (AvgIpc) is 3.01. The SMILES string of the molecule is CCS(=O)(=O)c1ccc(Oc2cc(Cl)ccc2OCC(=O)OC(=O)COc2ccc(Cl)cc2Sc2ccc(S(C)(=O)=O)cc2Cl)cc1. The zero-order chi connectivity index (χ0) is 34.4. The first-order valence-electron chi connectivity index (χ1n) is 13.4. The summed E-state index contributed by atoms with van der Waals surface area (Å²) in [5.41, 5.74) is 0. The van der Waals surface area contributed by atoms with Gasteiger partial charge >= 0.3 is 11.9 Å². The number of rotatable bonds is 13. The second kappa shape index (κ2) is 15.6. The molecule has 0 saturated heterocycles. The highest BCUT2D eigenvalue weighted by Crippen LogP contribution is 2.40.